The van der Waals surface area contributed by atoms with Crippen LogP contribution in [0.1, 0.15) is 15.2 Å². The largest absolute Gasteiger partial charge is 0.485 e. The molecule has 0 N–H and O–H groups in total. The van der Waals surface area contributed by atoms with Gasteiger partial charge in [0.25, 0.3) is 0 Å². The molecule has 3 rings (SSSR count). The van der Waals surface area contributed by atoms with Crippen LogP contribution in [0, 0.1) is 6.92 Å². The van der Waals surface area contributed by atoms with Gasteiger partial charge in [0, 0.05) is 17.5 Å². The first kappa shape index (κ1) is 13.6. The van der Waals surface area contributed by atoms with Gasteiger partial charge in [0.1, 0.15) is 11.3 Å². The van der Waals surface area contributed by atoms with Gasteiger partial charge in [0.2, 0.25) is 5.78 Å². The third-order valence-corrected chi connectivity index (χ3v) is 4.00. The molecule has 1 aromatic carbocycles. The number of hydrogen-bond acceptors (Lipinski definition) is 5. The SMILES string of the molecule is Cc1cc(=O)oc2cc(OCC(=O)c3cccs3)ccc12. The first-order valence-corrected chi connectivity index (χ1v) is 7.25. The number of carbonyl (C=O) groups is 1. The Balaban J connectivity index is 1.82. The van der Waals surface area contributed by atoms with E-state index in [0.717, 1.165) is 10.9 Å². The van der Waals surface area contributed by atoms with Gasteiger partial charge in [-0.1, -0.05) is 6.07 Å². The second-order valence-corrected chi connectivity index (χ2v) is 5.54. The Morgan fingerprint density at radius 2 is 2.14 bits per heavy atom. The fourth-order valence-electron chi connectivity index (χ4n) is 2.05. The smallest absolute Gasteiger partial charge is 0.336 e. The second-order valence-electron chi connectivity index (χ2n) is 4.60. The summed E-state index contributed by atoms with van der Waals surface area (Å²) in [6.07, 6.45) is 0. The molecule has 2 heterocycles. The zero-order valence-corrected chi connectivity index (χ0v) is 12.1. The van der Waals surface area contributed by atoms with Gasteiger partial charge < -0.3 is 9.15 Å². The highest BCUT2D eigenvalue weighted by molar-refractivity contribution is 7.12. The van der Waals surface area contributed by atoms with Crippen molar-refractivity contribution in [2.75, 3.05) is 6.61 Å². The zero-order chi connectivity index (χ0) is 14.8. The summed E-state index contributed by atoms with van der Waals surface area (Å²) in [4.78, 5) is 23.9. The highest BCUT2D eigenvalue weighted by Gasteiger charge is 2.09. The summed E-state index contributed by atoms with van der Waals surface area (Å²) in [6, 6.07) is 10.2. The lowest BCUT2D eigenvalue weighted by molar-refractivity contribution is 0.0925. The van der Waals surface area contributed by atoms with Crippen molar-refractivity contribution in [3.8, 4) is 5.75 Å². The maximum absolute atomic E-state index is 11.9. The van der Waals surface area contributed by atoms with Crippen LogP contribution in [-0.2, 0) is 0 Å². The van der Waals surface area contributed by atoms with E-state index in [1.165, 1.54) is 17.4 Å². The van der Waals surface area contributed by atoms with E-state index in [1.54, 1.807) is 18.2 Å². The number of carbonyl (C=O) groups excluding carboxylic acids is 1. The van der Waals surface area contributed by atoms with Gasteiger partial charge in [-0.25, -0.2) is 4.79 Å². The van der Waals surface area contributed by atoms with Gasteiger partial charge in [0.05, 0.1) is 4.88 Å². The number of fused-ring (bicyclic) bond motifs is 1. The molecular formula is C16H12O4S. The number of benzene rings is 1. The summed E-state index contributed by atoms with van der Waals surface area (Å²) in [5, 5.41) is 2.70. The predicted octanol–water partition coefficient (Wildman–Crippen LogP) is 3.42. The lowest BCUT2D eigenvalue weighted by Crippen LogP contribution is -2.10. The molecule has 0 saturated heterocycles. The number of rotatable bonds is 4. The minimum absolute atomic E-state index is 0.0396. The molecule has 0 radical (unpaired) electrons. The van der Waals surface area contributed by atoms with Crippen LogP contribution in [-0.4, -0.2) is 12.4 Å². The van der Waals surface area contributed by atoms with Crippen molar-refractivity contribution in [1.82, 2.24) is 0 Å². The lowest BCUT2D eigenvalue weighted by atomic mass is 10.1. The van der Waals surface area contributed by atoms with Gasteiger partial charge in [-0.15, -0.1) is 11.3 Å². The quantitative estimate of drug-likeness (QED) is 0.547. The average molecular weight is 300 g/mol. The topological polar surface area (TPSA) is 56.5 Å². The molecule has 2 aromatic heterocycles. The van der Waals surface area contributed by atoms with Crippen LogP contribution in [0.3, 0.4) is 0 Å². The van der Waals surface area contributed by atoms with E-state index in [-0.39, 0.29) is 12.4 Å². The Morgan fingerprint density at radius 1 is 1.29 bits per heavy atom. The number of thiophene rings is 1. The molecule has 4 nitrogen and oxygen atoms in total. The first-order chi connectivity index (χ1) is 10.1. The third kappa shape index (κ3) is 2.87. The molecule has 0 atom stereocenters. The number of hydrogen-bond donors (Lipinski definition) is 0. The Kier molecular flexibility index (Phi) is 3.58. The van der Waals surface area contributed by atoms with E-state index in [0.29, 0.717) is 16.2 Å². The Morgan fingerprint density at radius 3 is 2.90 bits per heavy atom. The van der Waals surface area contributed by atoms with E-state index < -0.39 is 5.63 Å². The van der Waals surface area contributed by atoms with Gasteiger partial charge >= 0.3 is 5.63 Å². The summed E-state index contributed by atoms with van der Waals surface area (Å²) in [7, 11) is 0. The van der Waals surface area contributed by atoms with Crippen molar-refractivity contribution in [1.29, 1.82) is 0 Å². The van der Waals surface area contributed by atoms with Crippen molar-refractivity contribution in [2.24, 2.45) is 0 Å². The standard InChI is InChI=1S/C16H12O4S/c1-10-7-16(18)20-14-8-11(4-5-12(10)14)19-9-13(17)15-3-2-6-21-15/h2-8H,9H2,1H3. The second kappa shape index (κ2) is 5.54. The minimum atomic E-state index is -0.396. The molecule has 3 aromatic rings. The van der Waals surface area contributed by atoms with Crippen LogP contribution in [0.25, 0.3) is 11.0 Å². The minimum Gasteiger partial charge on any atom is -0.485 e. The molecule has 0 aliphatic carbocycles. The fraction of sp³-hybridized carbons (Fsp3) is 0.125. The Labute approximate surface area is 124 Å². The van der Waals surface area contributed by atoms with Crippen LogP contribution in [0.2, 0.25) is 0 Å². The molecule has 0 fully saturated rings. The highest BCUT2D eigenvalue weighted by atomic mass is 32.1. The fourth-order valence-corrected chi connectivity index (χ4v) is 2.70. The number of ether oxygens (including phenoxy) is 1. The monoisotopic (exact) mass is 300 g/mol. The molecule has 0 spiro atoms. The lowest BCUT2D eigenvalue weighted by Gasteiger charge is -2.06. The van der Waals surface area contributed by atoms with Crippen molar-refractivity contribution in [3.63, 3.8) is 0 Å². The summed E-state index contributed by atoms with van der Waals surface area (Å²) in [5.41, 5.74) is 0.912. The number of ketones is 1. The Bertz CT molecular complexity index is 846. The van der Waals surface area contributed by atoms with Crippen molar-refractivity contribution in [3.05, 3.63) is 62.6 Å². The predicted molar refractivity (Wildman–Crippen MR) is 81.4 cm³/mol. The summed E-state index contributed by atoms with van der Waals surface area (Å²) in [6.45, 7) is 1.81. The first-order valence-electron chi connectivity index (χ1n) is 6.37. The normalized spacial score (nSPS) is 10.7. The molecule has 0 unspecified atom stereocenters. The highest BCUT2D eigenvalue weighted by Crippen LogP contribution is 2.22. The average Bonchev–Trinajstić information content (AvgIpc) is 2.98. The van der Waals surface area contributed by atoms with E-state index in [4.69, 9.17) is 9.15 Å². The summed E-state index contributed by atoms with van der Waals surface area (Å²) >= 11 is 1.38. The van der Waals surface area contributed by atoms with Gasteiger partial charge in [-0.05, 0) is 36.1 Å². The molecule has 0 amide bonds. The van der Waals surface area contributed by atoms with Crippen molar-refractivity contribution in [2.45, 2.75) is 6.92 Å². The van der Waals surface area contributed by atoms with Gasteiger partial charge in [-0.3, -0.25) is 4.79 Å². The van der Waals surface area contributed by atoms with Crippen molar-refractivity contribution >= 4 is 28.1 Å². The van der Waals surface area contributed by atoms with E-state index >= 15 is 0 Å². The van der Waals surface area contributed by atoms with Crippen LogP contribution in [0.5, 0.6) is 5.75 Å². The molecule has 0 saturated carbocycles. The number of aryl methyl sites for hydroxylation is 1. The van der Waals surface area contributed by atoms with E-state index in [2.05, 4.69) is 0 Å². The van der Waals surface area contributed by atoms with Gasteiger partial charge in [0.15, 0.2) is 6.61 Å². The summed E-state index contributed by atoms with van der Waals surface area (Å²) in [5.74, 6) is 0.428. The molecule has 106 valence electrons. The molecular weight excluding hydrogens is 288 g/mol. The van der Waals surface area contributed by atoms with Gasteiger partial charge in [-0.2, -0.15) is 0 Å². The molecule has 0 bridgehead atoms. The van der Waals surface area contributed by atoms with E-state index in [1.807, 2.05) is 24.4 Å². The Hall–Kier alpha value is -2.40. The molecule has 5 heteroatoms. The maximum Gasteiger partial charge on any atom is 0.336 e. The number of Topliss-reactive ketones (excluding diaryl/α,β-unsaturated/α-hetero) is 1. The van der Waals surface area contributed by atoms with Crippen LogP contribution < -0.4 is 10.4 Å². The molecule has 0 aliphatic rings. The maximum atomic E-state index is 11.9. The molecule has 21 heavy (non-hydrogen) atoms. The third-order valence-electron chi connectivity index (χ3n) is 3.09. The van der Waals surface area contributed by atoms with Crippen LogP contribution >= 0.6 is 11.3 Å². The van der Waals surface area contributed by atoms with Crippen molar-refractivity contribution < 1.29 is 13.9 Å². The van der Waals surface area contributed by atoms with E-state index in [9.17, 15) is 9.59 Å². The van der Waals surface area contributed by atoms with Crippen LogP contribution in [0.4, 0.5) is 0 Å². The van der Waals surface area contributed by atoms with Crippen LogP contribution in [0.15, 0.2) is 51.0 Å². The summed E-state index contributed by atoms with van der Waals surface area (Å²) < 4.78 is 10.6. The zero-order valence-electron chi connectivity index (χ0n) is 11.3. The molecule has 0 aliphatic heterocycles.